The first kappa shape index (κ1) is 14.0. The average molecular weight is 295 g/mol. The Morgan fingerprint density at radius 3 is 2.40 bits per heavy atom. The number of nitrogens with one attached hydrogen (secondary N) is 2. The number of carbonyl (C=O) groups excluding carboxylic acids is 2. The molecule has 0 aliphatic heterocycles. The number of halogens is 1. The smallest absolute Gasteiger partial charge is 0.286 e. The molecule has 6 N–H and O–H groups in total. The van der Waals surface area contributed by atoms with E-state index >= 15 is 0 Å². The van der Waals surface area contributed by atoms with E-state index in [-0.39, 0.29) is 11.3 Å². The molecule has 2 rings (SSSR count). The van der Waals surface area contributed by atoms with Gasteiger partial charge in [-0.05, 0) is 12.1 Å². The first-order chi connectivity index (χ1) is 9.58. The molecule has 0 saturated heterocycles. The number of hydrazine groups is 2. The fraction of sp³-hybridized carbons (Fsp3) is 0. The van der Waals surface area contributed by atoms with Crippen LogP contribution in [0, 0.1) is 0 Å². The molecule has 0 aliphatic carbocycles. The number of amides is 2. The number of benzene rings is 1. The van der Waals surface area contributed by atoms with Gasteiger partial charge in [0.2, 0.25) is 0 Å². The Morgan fingerprint density at radius 1 is 1.15 bits per heavy atom. The molecule has 1 heterocycles. The molecule has 2 amide bonds. The van der Waals surface area contributed by atoms with E-state index in [1.807, 2.05) is 10.9 Å². The van der Waals surface area contributed by atoms with Gasteiger partial charge >= 0.3 is 0 Å². The Kier molecular flexibility index (Phi) is 3.99. The van der Waals surface area contributed by atoms with Crippen LogP contribution in [-0.4, -0.2) is 21.6 Å². The van der Waals surface area contributed by atoms with Crippen LogP contribution in [0.25, 0.3) is 5.69 Å². The lowest BCUT2D eigenvalue weighted by Crippen LogP contribution is -2.35. The Hall–Kier alpha value is -2.42. The normalized spacial score (nSPS) is 10.2. The van der Waals surface area contributed by atoms with Gasteiger partial charge in [-0.2, -0.15) is 5.10 Å². The van der Waals surface area contributed by atoms with E-state index in [1.165, 1.54) is 10.9 Å². The Balaban J connectivity index is 2.57. The van der Waals surface area contributed by atoms with Crippen molar-refractivity contribution in [2.45, 2.75) is 0 Å². The number of hydrogen-bond donors (Lipinski definition) is 4. The maximum Gasteiger partial charge on any atom is 0.286 e. The zero-order chi connectivity index (χ0) is 14.7. The van der Waals surface area contributed by atoms with Crippen LogP contribution in [-0.2, 0) is 0 Å². The molecule has 104 valence electrons. The molecule has 1 aromatic carbocycles. The standard InChI is InChI=1S/C11H11ClN6O2/c12-7-3-1-2-4-8(7)18-5-6(10(19)15-13)9(17-18)11(20)16-14/h1-5H,13-14H2,(H,15,19)(H,16,20). The molecule has 0 saturated carbocycles. The summed E-state index contributed by atoms with van der Waals surface area (Å²) in [5.41, 5.74) is 4.18. The van der Waals surface area contributed by atoms with Gasteiger partial charge in [0.15, 0.2) is 5.69 Å². The molecule has 0 atom stereocenters. The number of nitrogen functional groups attached to an aromatic ring is 2. The van der Waals surface area contributed by atoms with Crippen molar-refractivity contribution in [1.29, 1.82) is 0 Å². The van der Waals surface area contributed by atoms with Crippen LogP contribution in [0.15, 0.2) is 30.5 Å². The van der Waals surface area contributed by atoms with Gasteiger partial charge in [0.25, 0.3) is 11.8 Å². The summed E-state index contributed by atoms with van der Waals surface area (Å²) in [6.45, 7) is 0. The van der Waals surface area contributed by atoms with Crippen molar-refractivity contribution in [1.82, 2.24) is 20.6 Å². The number of rotatable bonds is 3. The van der Waals surface area contributed by atoms with E-state index in [1.54, 1.807) is 24.3 Å². The SMILES string of the molecule is NNC(=O)c1cn(-c2ccccc2Cl)nc1C(=O)NN. The lowest BCUT2D eigenvalue weighted by Gasteiger charge is -2.02. The van der Waals surface area contributed by atoms with Crippen molar-refractivity contribution >= 4 is 23.4 Å². The summed E-state index contributed by atoms with van der Waals surface area (Å²) >= 11 is 6.04. The minimum Gasteiger partial charge on any atom is -0.290 e. The van der Waals surface area contributed by atoms with E-state index in [2.05, 4.69) is 5.10 Å². The largest absolute Gasteiger partial charge is 0.290 e. The molecule has 0 unspecified atom stereocenters. The lowest BCUT2D eigenvalue weighted by molar-refractivity contribution is 0.0917. The van der Waals surface area contributed by atoms with Gasteiger partial charge < -0.3 is 0 Å². The quantitative estimate of drug-likeness (QED) is 0.352. The molecule has 1 aromatic heterocycles. The Morgan fingerprint density at radius 2 is 1.80 bits per heavy atom. The van der Waals surface area contributed by atoms with Gasteiger partial charge in [-0.25, -0.2) is 16.4 Å². The number of nitrogens with zero attached hydrogens (tertiary/aromatic N) is 2. The second kappa shape index (κ2) is 5.70. The highest BCUT2D eigenvalue weighted by atomic mass is 35.5. The first-order valence-corrected chi connectivity index (χ1v) is 5.82. The Labute approximate surface area is 118 Å². The predicted octanol–water partition coefficient (Wildman–Crippen LogP) is -0.267. The molecular weight excluding hydrogens is 284 g/mol. The zero-order valence-corrected chi connectivity index (χ0v) is 10.9. The second-order valence-electron chi connectivity index (χ2n) is 3.73. The summed E-state index contributed by atoms with van der Waals surface area (Å²) in [4.78, 5) is 23.3. The molecule has 2 aromatic rings. The van der Waals surface area contributed by atoms with Crippen molar-refractivity contribution in [3.05, 3.63) is 46.7 Å². The highest BCUT2D eigenvalue weighted by Gasteiger charge is 2.22. The molecule has 0 spiro atoms. The zero-order valence-electron chi connectivity index (χ0n) is 10.1. The second-order valence-corrected chi connectivity index (χ2v) is 4.14. The van der Waals surface area contributed by atoms with E-state index in [9.17, 15) is 9.59 Å². The highest BCUT2D eigenvalue weighted by molar-refractivity contribution is 6.32. The maximum atomic E-state index is 11.6. The summed E-state index contributed by atoms with van der Waals surface area (Å²) in [6, 6.07) is 6.83. The van der Waals surface area contributed by atoms with Gasteiger partial charge in [0.05, 0.1) is 16.3 Å². The van der Waals surface area contributed by atoms with E-state index in [0.29, 0.717) is 10.7 Å². The van der Waals surface area contributed by atoms with Gasteiger partial charge in [-0.3, -0.25) is 20.4 Å². The van der Waals surface area contributed by atoms with E-state index < -0.39 is 11.8 Å². The minimum absolute atomic E-state index is 0.0182. The third-order valence-electron chi connectivity index (χ3n) is 2.54. The monoisotopic (exact) mass is 294 g/mol. The number of aromatic nitrogens is 2. The first-order valence-electron chi connectivity index (χ1n) is 5.45. The Bertz CT molecular complexity index is 635. The van der Waals surface area contributed by atoms with Crippen LogP contribution in [0.5, 0.6) is 0 Å². The van der Waals surface area contributed by atoms with Gasteiger partial charge in [0, 0.05) is 6.20 Å². The van der Waals surface area contributed by atoms with Crippen LogP contribution in [0.1, 0.15) is 20.8 Å². The molecule has 20 heavy (non-hydrogen) atoms. The predicted molar refractivity (Wildman–Crippen MR) is 71.9 cm³/mol. The van der Waals surface area contributed by atoms with Crippen molar-refractivity contribution in [3.8, 4) is 5.69 Å². The summed E-state index contributed by atoms with van der Waals surface area (Å²) < 4.78 is 1.30. The molecule has 0 bridgehead atoms. The third kappa shape index (κ3) is 2.48. The number of nitrogens with two attached hydrogens (primary N) is 2. The fourth-order valence-electron chi connectivity index (χ4n) is 1.61. The van der Waals surface area contributed by atoms with Crippen molar-refractivity contribution in [2.75, 3.05) is 0 Å². The minimum atomic E-state index is -0.714. The van der Waals surface area contributed by atoms with Crippen LogP contribution >= 0.6 is 11.6 Å². The molecule has 8 nitrogen and oxygen atoms in total. The number of hydrogen-bond acceptors (Lipinski definition) is 5. The topological polar surface area (TPSA) is 128 Å². The summed E-state index contributed by atoms with van der Waals surface area (Å²) in [7, 11) is 0. The average Bonchev–Trinajstić information content (AvgIpc) is 2.91. The lowest BCUT2D eigenvalue weighted by atomic mass is 10.2. The number of para-hydroxylation sites is 1. The molecule has 9 heteroatoms. The molecule has 0 fully saturated rings. The van der Waals surface area contributed by atoms with Crippen LogP contribution in [0.2, 0.25) is 5.02 Å². The van der Waals surface area contributed by atoms with Crippen LogP contribution in [0.3, 0.4) is 0 Å². The molecule has 0 aliphatic rings. The maximum absolute atomic E-state index is 11.6. The van der Waals surface area contributed by atoms with E-state index in [4.69, 9.17) is 23.3 Å². The molecule has 0 radical (unpaired) electrons. The summed E-state index contributed by atoms with van der Waals surface area (Å²) in [5.74, 6) is 8.74. The summed E-state index contributed by atoms with van der Waals surface area (Å²) in [6.07, 6.45) is 1.34. The third-order valence-corrected chi connectivity index (χ3v) is 2.86. The molecular formula is C11H11ClN6O2. The highest BCUT2D eigenvalue weighted by Crippen LogP contribution is 2.20. The van der Waals surface area contributed by atoms with Crippen molar-refractivity contribution in [3.63, 3.8) is 0 Å². The van der Waals surface area contributed by atoms with Gasteiger partial charge in [-0.1, -0.05) is 23.7 Å². The summed E-state index contributed by atoms with van der Waals surface area (Å²) in [5, 5.41) is 4.42. The van der Waals surface area contributed by atoms with Gasteiger partial charge in [-0.15, -0.1) is 0 Å². The van der Waals surface area contributed by atoms with Crippen LogP contribution in [0.4, 0.5) is 0 Å². The fourth-order valence-corrected chi connectivity index (χ4v) is 1.84. The van der Waals surface area contributed by atoms with Crippen molar-refractivity contribution < 1.29 is 9.59 Å². The van der Waals surface area contributed by atoms with Crippen LogP contribution < -0.4 is 22.5 Å². The van der Waals surface area contributed by atoms with Gasteiger partial charge in [0.1, 0.15) is 0 Å². The van der Waals surface area contributed by atoms with Crippen molar-refractivity contribution in [2.24, 2.45) is 11.7 Å². The van der Waals surface area contributed by atoms with E-state index in [0.717, 1.165) is 0 Å². The number of carbonyl (C=O) groups is 2.